The van der Waals surface area contributed by atoms with Gasteiger partial charge in [-0.25, -0.2) is 13.6 Å². The average molecular weight is 299 g/mol. The molecule has 0 saturated carbocycles. The quantitative estimate of drug-likeness (QED) is 0.779. The number of hydrogen-bond donors (Lipinski definition) is 0. The van der Waals surface area contributed by atoms with E-state index in [-0.39, 0.29) is 25.5 Å². The summed E-state index contributed by atoms with van der Waals surface area (Å²) in [7, 11) is 1.23. The molecule has 0 aromatic heterocycles. The summed E-state index contributed by atoms with van der Waals surface area (Å²) in [6, 6.07) is 2.47. The van der Waals surface area contributed by atoms with Crippen LogP contribution in [0.1, 0.15) is 5.56 Å². The van der Waals surface area contributed by atoms with E-state index in [2.05, 4.69) is 4.74 Å². The number of halogens is 2. The zero-order chi connectivity index (χ0) is 15.4. The maximum atomic E-state index is 13.1. The molecule has 1 aromatic rings. The second-order valence-corrected chi connectivity index (χ2v) is 4.63. The van der Waals surface area contributed by atoms with Gasteiger partial charge >= 0.3 is 5.97 Å². The molecule has 1 fully saturated rings. The molecular weight excluding hydrogens is 284 g/mol. The Kier molecular flexibility index (Phi) is 4.85. The van der Waals surface area contributed by atoms with Crippen molar-refractivity contribution in [1.29, 1.82) is 0 Å². The van der Waals surface area contributed by atoms with E-state index in [0.717, 1.165) is 12.1 Å². The van der Waals surface area contributed by atoms with Crippen molar-refractivity contribution in [3.05, 3.63) is 35.4 Å². The fourth-order valence-corrected chi connectivity index (χ4v) is 2.16. The average Bonchev–Trinajstić information content (AvgIpc) is 2.50. The van der Waals surface area contributed by atoms with Crippen LogP contribution in [0, 0.1) is 11.6 Å². The van der Waals surface area contributed by atoms with Crippen molar-refractivity contribution in [3.63, 3.8) is 0 Å². The molecule has 0 radical (unpaired) electrons. The summed E-state index contributed by atoms with van der Waals surface area (Å²) in [5, 5.41) is 0. The van der Waals surface area contributed by atoms with E-state index >= 15 is 0 Å². The number of carbonyl (C=O) groups is 2. The van der Waals surface area contributed by atoms with Crippen molar-refractivity contribution in [2.24, 2.45) is 0 Å². The summed E-state index contributed by atoms with van der Waals surface area (Å²) in [5.74, 6) is -2.90. The number of morpholine rings is 1. The van der Waals surface area contributed by atoms with E-state index in [4.69, 9.17) is 4.74 Å². The highest BCUT2D eigenvalue weighted by molar-refractivity contribution is 5.86. The van der Waals surface area contributed by atoms with Crippen LogP contribution in [-0.2, 0) is 25.5 Å². The topological polar surface area (TPSA) is 55.8 Å². The van der Waals surface area contributed by atoms with Crippen LogP contribution in [0.15, 0.2) is 18.2 Å². The molecule has 1 aromatic carbocycles. The first-order valence-corrected chi connectivity index (χ1v) is 6.42. The van der Waals surface area contributed by atoms with Gasteiger partial charge in [-0.05, 0) is 17.7 Å². The Morgan fingerprint density at radius 2 is 2.14 bits per heavy atom. The Morgan fingerprint density at radius 3 is 2.81 bits per heavy atom. The van der Waals surface area contributed by atoms with Crippen LogP contribution in [-0.4, -0.2) is 49.7 Å². The fourth-order valence-electron chi connectivity index (χ4n) is 2.16. The molecule has 5 nitrogen and oxygen atoms in total. The van der Waals surface area contributed by atoms with Crippen molar-refractivity contribution >= 4 is 11.9 Å². The second kappa shape index (κ2) is 6.62. The summed E-state index contributed by atoms with van der Waals surface area (Å²) in [6.07, 6.45) is -0.120. The number of benzene rings is 1. The molecule has 114 valence electrons. The van der Waals surface area contributed by atoms with Gasteiger partial charge < -0.3 is 14.4 Å². The molecule has 0 N–H and O–H groups in total. The lowest BCUT2D eigenvalue weighted by atomic mass is 10.1. The van der Waals surface area contributed by atoms with Gasteiger partial charge in [-0.3, -0.25) is 4.79 Å². The number of methoxy groups -OCH3 is 1. The van der Waals surface area contributed by atoms with Crippen molar-refractivity contribution in [3.8, 4) is 0 Å². The normalized spacial score (nSPS) is 18.4. The summed E-state index contributed by atoms with van der Waals surface area (Å²) in [6.45, 7) is 0.634. The molecule has 0 aliphatic carbocycles. The third kappa shape index (κ3) is 3.55. The maximum absolute atomic E-state index is 13.1. The molecule has 2 rings (SSSR count). The molecule has 1 amide bonds. The van der Waals surface area contributed by atoms with Gasteiger partial charge in [0, 0.05) is 6.54 Å². The van der Waals surface area contributed by atoms with E-state index in [1.54, 1.807) is 0 Å². The lowest BCUT2D eigenvalue weighted by Crippen LogP contribution is -2.53. The van der Waals surface area contributed by atoms with E-state index in [1.165, 1.54) is 18.1 Å². The Hall–Kier alpha value is -2.02. The fraction of sp³-hybridized carbons (Fsp3) is 0.429. The first kappa shape index (κ1) is 15.4. The first-order valence-electron chi connectivity index (χ1n) is 6.42. The number of ether oxygens (including phenoxy) is 2. The molecule has 7 heteroatoms. The number of carbonyl (C=O) groups excluding carboxylic acids is 2. The molecule has 1 aliphatic rings. The predicted octanol–water partition coefficient (Wildman–Crippen LogP) is 0.908. The highest BCUT2D eigenvalue weighted by Gasteiger charge is 2.33. The van der Waals surface area contributed by atoms with Crippen molar-refractivity contribution in [1.82, 2.24) is 4.90 Å². The lowest BCUT2D eigenvalue weighted by Gasteiger charge is -2.33. The van der Waals surface area contributed by atoms with Crippen LogP contribution < -0.4 is 0 Å². The van der Waals surface area contributed by atoms with Crippen LogP contribution in [0.5, 0.6) is 0 Å². The SMILES string of the molecule is COC(=O)C1COCCN1C(=O)Cc1ccc(F)c(F)c1. The smallest absolute Gasteiger partial charge is 0.331 e. The van der Waals surface area contributed by atoms with Gasteiger partial charge in [-0.15, -0.1) is 0 Å². The third-order valence-electron chi connectivity index (χ3n) is 3.26. The lowest BCUT2D eigenvalue weighted by molar-refractivity contribution is -0.160. The van der Waals surface area contributed by atoms with Crippen LogP contribution in [0.3, 0.4) is 0 Å². The standard InChI is InChI=1S/C14H15F2NO4/c1-20-14(19)12-8-21-5-4-17(12)13(18)7-9-2-3-10(15)11(16)6-9/h2-3,6,12H,4-5,7-8H2,1H3. The number of amides is 1. The molecule has 21 heavy (non-hydrogen) atoms. The minimum atomic E-state index is -1.01. The number of nitrogens with zero attached hydrogens (tertiary/aromatic N) is 1. The number of rotatable bonds is 3. The van der Waals surface area contributed by atoms with Gasteiger partial charge in [0.2, 0.25) is 5.91 Å². The van der Waals surface area contributed by atoms with Crippen molar-refractivity contribution < 1.29 is 27.8 Å². The maximum Gasteiger partial charge on any atom is 0.331 e. The Bertz CT molecular complexity index is 550. The predicted molar refractivity (Wildman–Crippen MR) is 68.4 cm³/mol. The van der Waals surface area contributed by atoms with Crippen LogP contribution in [0.2, 0.25) is 0 Å². The van der Waals surface area contributed by atoms with Gasteiger partial charge in [0.05, 0.1) is 26.7 Å². The summed E-state index contributed by atoms with van der Waals surface area (Å²) in [5.41, 5.74) is 0.342. The van der Waals surface area contributed by atoms with Gasteiger partial charge in [0.1, 0.15) is 0 Å². The molecule has 0 spiro atoms. The second-order valence-electron chi connectivity index (χ2n) is 4.63. The van der Waals surface area contributed by atoms with Crippen LogP contribution in [0.4, 0.5) is 8.78 Å². The summed E-state index contributed by atoms with van der Waals surface area (Å²) < 4.78 is 35.8. The Balaban J connectivity index is 2.10. The highest BCUT2D eigenvalue weighted by Crippen LogP contribution is 2.14. The monoisotopic (exact) mass is 299 g/mol. The molecule has 0 bridgehead atoms. The van der Waals surface area contributed by atoms with E-state index in [0.29, 0.717) is 12.2 Å². The Labute approximate surface area is 120 Å². The zero-order valence-electron chi connectivity index (χ0n) is 11.5. The van der Waals surface area contributed by atoms with Gasteiger partial charge in [-0.1, -0.05) is 6.07 Å². The van der Waals surface area contributed by atoms with Crippen LogP contribution in [0.25, 0.3) is 0 Å². The van der Waals surface area contributed by atoms with Crippen molar-refractivity contribution in [2.45, 2.75) is 12.5 Å². The molecule has 1 heterocycles. The number of hydrogen-bond acceptors (Lipinski definition) is 4. The highest BCUT2D eigenvalue weighted by atomic mass is 19.2. The molecule has 1 aliphatic heterocycles. The molecule has 1 saturated heterocycles. The van der Waals surface area contributed by atoms with Crippen LogP contribution >= 0.6 is 0 Å². The minimum absolute atomic E-state index is 0.0657. The van der Waals surface area contributed by atoms with Gasteiger partial charge in [0.25, 0.3) is 0 Å². The largest absolute Gasteiger partial charge is 0.467 e. The summed E-state index contributed by atoms with van der Waals surface area (Å²) in [4.78, 5) is 25.2. The van der Waals surface area contributed by atoms with E-state index < -0.39 is 23.6 Å². The van der Waals surface area contributed by atoms with Gasteiger partial charge in [0.15, 0.2) is 17.7 Å². The van der Waals surface area contributed by atoms with Crippen molar-refractivity contribution in [2.75, 3.05) is 26.9 Å². The minimum Gasteiger partial charge on any atom is -0.467 e. The first-order chi connectivity index (χ1) is 10.0. The molecule has 1 unspecified atom stereocenters. The molecule has 1 atom stereocenters. The van der Waals surface area contributed by atoms with Gasteiger partial charge in [-0.2, -0.15) is 0 Å². The third-order valence-corrected chi connectivity index (χ3v) is 3.26. The summed E-state index contributed by atoms with van der Waals surface area (Å²) >= 11 is 0. The Morgan fingerprint density at radius 1 is 1.38 bits per heavy atom. The number of esters is 1. The zero-order valence-corrected chi connectivity index (χ0v) is 11.5. The van der Waals surface area contributed by atoms with E-state index in [1.807, 2.05) is 0 Å². The van der Waals surface area contributed by atoms with E-state index in [9.17, 15) is 18.4 Å². The molecular formula is C14H15F2NO4.